The molecular weight excluding hydrogens is 382 g/mol. The molecule has 2 aromatic rings. The fourth-order valence-electron chi connectivity index (χ4n) is 2.95. The number of hydrogen-bond acceptors (Lipinski definition) is 4. The molecule has 0 heterocycles. The summed E-state index contributed by atoms with van der Waals surface area (Å²) in [7, 11) is 0. The molecule has 0 aromatic heterocycles. The van der Waals surface area contributed by atoms with Gasteiger partial charge in [-0.2, -0.15) is 0 Å². The first kappa shape index (κ1) is 23.0. The van der Waals surface area contributed by atoms with Crippen LogP contribution < -0.4 is 9.47 Å². The molecule has 0 fully saturated rings. The second kappa shape index (κ2) is 11.0. The van der Waals surface area contributed by atoms with E-state index < -0.39 is 12.6 Å². The lowest BCUT2D eigenvalue weighted by Crippen LogP contribution is -2.28. The van der Waals surface area contributed by atoms with Crippen LogP contribution in [0.3, 0.4) is 0 Å². The van der Waals surface area contributed by atoms with Crippen molar-refractivity contribution < 1.29 is 24.2 Å². The Morgan fingerprint density at radius 2 is 1.73 bits per heavy atom. The number of ether oxygens (including phenoxy) is 2. The zero-order valence-electron chi connectivity index (χ0n) is 18.0. The van der Waals surface area contributed by atoms with Crippen molar-refractivity contribution in [3.8, 4) is 11.5 Å². The Hall–Kier alpha value is -3.28. The SMILES string of the molecule is CCN(CC)C(=O)/C=C(/C)c1ccc(OCc2ccccc2C)c(OCC(=O)O)c1. The maximum Gasteiger partial charge on any atom is 0.341 e. The second-order valence-corrected chi connectivity index (χ2v) is 6.90. The van der Waals surface area contributed by atoms with Crippen molar-refractivity contribution in [3.63, 3.8) is 0 Å². The third-order valence-corrected chi connectivity index (χ3v) is 4.81. The molecule has 0 bridgehead atoms. The van der Waals surface area contributed by atoms with Gasteiger partial charge in [-0.05, 0) is 62.1 Å². The number of likely N-dealkylation sites (N-methyl/N-ethyl adjacent to an activating group) is 1. The van der Waals surface area contributed by atoms with E-state index in [9.17, 15) is 9.59 Å². The molecular formula is C24H29NO5. The summed E-state index contributed by atoms with van der Waals surface area (Å²) in [5.41, 5.74) is 3.67. The number of carboxylic acids is 1. The number of aliphatic carboxylic acids is 1. The monoisotopic (exact) mass is 411 g/mol. The van der Waals surface area contributed by atoms with E-state index in [1.807, 2.05) is 58.0 Å². The first-order chi connectivity index (χ1) is 14.3. The van der Waals surface area contributed by atoms with Gasteiger partial charge < -0.3 is 19.5 Å². The van der Waals surface area contributed by atoms with Gasteiger partial charge in [0.05, 0.1) is 0 Å². The molecule has 0 atom stereocenters. The van der Waals surface area contributed by atoms with Crippen molar-refractivity contribution in [2.75, 3.05) is 19.7 Å². The summed E-state index contributed by atoms with van der Waals surface area (Å²) < 4.78 is 11.4. The smallest absolute Gasteiger partial charge is 0.341 e. The Bertz CT molecular complexity index is 916. The summed E-state index contributed by atoms with van der Waals surface area (Å²) in [5.74, 6) is -0.364. The van der Waals surface area contributed by atoms with Gasteiger partial charge in [0.15, 0.2) is 18.1 Å². The number of amides is 1. The minimum atomic E-state index is -1.07. The minimum Gasteiger partial charge on any atom is -0.485 e. The third-order valence-electron chi connectivity index (χ3n) is 4.81. The predicted molar refractivity (Wildman–Crippen MR) is 117 cm³/mol. The van der Waals surface area contributed by atoms with Gasteiger partial charge in [-0.15, -0.1) is 0 Å². The lowest BCUT2D eigenvalue weighted by molar-refractivity contribution is -0.139. The minimum absolute atomic E-state index is 0.0645. The van der Waals surface area contributed by atoms with Crippen LogP contribution in [0.15, 0.2) is 48.5 Å². The predicted octanol–water partition coefficient (Wildman–Crippen LogP) is 4.31. The maximum absolute atomic E-state index is 12.4. The van der Waals surface area contributed by atoms with Crippen molar-refractivity contribution in [3.05, 3.63) is 65.2 Å². The summed E-state index contributed by atoms with van der Waals surface area (Å²) in [5, 5.41) is 9.00. The fraction of sp³-hybridized carbons (Fsp3) is 0.333. The summed E-state index contributed by atoms with van der Waals surface area (Å²) in [4.78, 5) is 25.1. The highest BCUT2D eigenvalue weighted by atomic mass is 16.5. The Labute approximate surface area is 177 Å². The van der Waals surface area contributed by atoms with Gasteiger partial charge in [-0.25, -0.2) is 4.79 Å². The summed E-state index contributed by atoms with van der Waals surface area (Å²) in [6.45, 7) is 8.84. The van der Waals surface area contributed by atoms with Gasteiger partial charge in [-0.1, -0.05) is 30.3 Å². The molecule has 2 aromatic carbocycles. The molecule has 0 aliphatic heterocycles. The molecule has 2 rings (SSSR count). The molecule has 0 saturated heterocycles. The number of hydrogen-bond donors (Lipinski definition) is 1. The molecule has 6 heteroatoms. The number of allylic oxidation sites excluding steroid dienone is 1. The molecule has 30 heavy (non-hydrogen) atoms. The van der Waals surface area contributed by atoms with Gasteiger partial charge in [0.2, 0.25) is 5.91 Å². The first-order valence-electron chi connectivity index (χ1n) is 9.99. The summed E-state index contributed by atoms with van der Waals surface area (Å²) in [6, 6.07) is 13.2. The normalized spacial score (nSPS) is 11.1. The van der Waals surface area contributed by atoms with E-state index in [1.54, 1.807) is 23.1 Å². The molecule has 0 unspecified atom stereocenters. The molecule has 6 nitrogen and oxygen atoms in total. The van der Waals surface area contributed by atoms with Crippen molar-refractivity contribution in [2.45, 2.75) is 34.3 Å². The number of carboxylic acid groups (broad SMARTS) is 1. The number of aryl methyl sites for hydroxylation is 1. The third kappa shape index (κ3) is 6.37. The molecule has 1 amide bonds. The number of benzene rings is 2. The van der Waals surface area contributed by atoms with Crippen molar-refractivity contribution in [1.29, 1.82) is 0 Å². The van der Waals surface area contributed by atoms with E-state index in [0.717, 1.165) is 22.3 Å². The molecule has 0 spiro atoms. The Morgan fingerprint density at radius 1 is 1.03 bits per heavy atom. The lowest BCUT2D eigenvalue weighted by atomic mass is 10.1. The number of nitrogens with zero attached hydrogens (tertiary/aromatic N) is 1. The van der Waals surface area contributed by atoms with Crippen LogP contribution in [0.25, 0.3) is 5.57 Å². The molecule has 0 saturated carbocycles. The Kier molecular flexibility index (Phi) is 8.47. The van der Waals surface area contributed by atoms with Gasteiger partial charge in [0.25, 0.3) is 0 Å². The second-order valence-electron chi connectivity index (χ2n) is 6.90. The lowest BCUT2D eigenvalue weighted by Gasteiger charge is -2.17. The summed E-state index contributed by atoms with van der Waals surface area (Å²) >= 11 is 0. The van der Waals surface area contributed by atoms with Crippen molar-refractivity contribution in [2.24, 2.45) is 0 Å². The molecule has 0 radical (unpaired) electrons. The highest BCUT2D eigenvalue weighted by Gasteiger charge is 2.12. The van der Waals surface area contributed by atoms with Gasteiger partial charge in [-0.3, -0.25) is 4.79 Å². The van der Waals surface area contributed by atoms with Gasteiger partial charge in [0.1, 0.15) is 6.61 Å². The molecule has 160 valence electrons. The average molecular weight is 411 g/mol. The number of carbonyl (C=O) groups excluding carboxylic acids is 1. The van der Waals surface area contributed by atoms with E-state index in [0.29, 0.717) is 31.2 Å². The summed E-state index contributed by atoms with van der Waals surface area (Å²) in [6.07, 6.45) is 1.58. The molecule has 1 N–H and O–H groups in total. The van der Waals surface area contributed by atoms with Crippen LogP contribution in [-0.4, -0.2) is 41.6 Å². The zero-order chi connectivity index (χ0) is 22.1. The standard InChI is InChI=1S/C24H29NO5/c1-5-25(6-2)23(26)13-18(4)19-11-12-21(22(14-19)30-16-24(27)28)29-15-20-10-8-7-9-17(20)3/h7-14H,5-6,15-16H2,1-4H3,(H,27,28)/b18-13-. The van der Waals surface area contributed by atoms with Crippen molar-refractivity contribution in [1.82, 2.24) is 4.90 Å². The van der Waals surface area contributed by atoms with Gasteiger partial charge >= 0.3 is 5.97 Å². The highest BCUT2D eigenvalue weighted by Crippen LogP contribution is 2.32. The van der Waals surface area contributed by atoms with E-state index in [-0.39, 0.29) is 5.91 Å². The van der Waals surface area contributed by atoms with E-state index in [1.165, 1.54) is 0 Å². The fourth-order valence-corrected chi connectivity index (χ4v) is 2.95. The van der Waals surface area contributed by atoms with E-state index >= 15 is 0 Å². The van der Waals surface area contributed by atoms with Crippen LogP contribution in [-0.2, 0) is 16.2 Å². The maximum atomic E-state index is 12.4. The van der Waals surface area contributed by atoms with Crippen LogP contribution in [0.5, 0.6) is 11.5 Å². The van der Waals surface area contributed by atoms with E-state index in [2.05, 4.69) is 0 Å². The van der Waals surface area contributed by atoms with Crippen LogP contribution >= 0.6 is 0 Å². The van der Waals surface area contributed by atoms with Crippen LogP contribution in [0.4, 0.5) is 0 Å². The van der Waals surface area contributed by atoms with Gasteiger partial charge in [0, 0.05) is 19.2 Å². The topological polar surface area (TPSA) is 76.1 Å². The van der Waals surface area contributed by atoms with Crippen LogP contribution in [0.1, 0.15) is 37.5 Å². The van der Waals surface area contributed by atoms with Crippen molar-refractivity contribution >= 4 is 17.4 Å². The van der Waals surface area contributed by atoms with Crippen LogP contribution in [0, 0.1) is 6.92 Å². The largest absolute Gasteiger partial charge is 0.485 e. The number of rotatable bonds is 10. The molecule has 0 aliphatic carbocycles. The molecule has 0 aliphatic rings. The zero-order valence-corrected chi connectivity index (χ0v) is 18.0. The van der Waals surface area contributed by atoms with Crippen LogP contribution in [0.2, 0.25) is 0 Å². The average Bonchev–Trinajstić information content (AvgIpc) is 2.72. The quantitative estimate of drug-likeness (QED) is 0.590. The Balaban J connectivity index is 2.27. The number of carbonyl (C=O) groups is 2. The first-order valence-corrected chi connectivity index (χ1v) is 9.99. The van der Waals surface area contributed by atoms with E-state index in [4.69, 9.17) is 14.6 Å². The highest BCUT2D eigenvalue weighted by molar-refractivity contribution is 5.95. The Morgan fingerprint density at radius 3 is 2.37 bits per heavy atom.